The first kappa shape index (κ1) is 13.8. The molecule has 0 bridgehead atoms. The van der Waals surface area contributed by atoms with Gasteiger partial charge in [0.05, 0.1) is 13.0 Å². The molecular formula is C14H26N2O2. The van der Waals surface area contributed by atoms with E-state index in [-0.39, 0.29) is 11.9 Å². The Morgan fingerprint density at radius 3 is 2.39 bits per heavy atom. The minimum atomic E-state index is 0.000767. The van der Waals surface area contributed by atoms with Gasteiger partial charge in [0.25, 0.3) is 0 Å². The molecule has 2 rings (SSSR count). The Bertz CT molecular complexity index is 269. The second-order valence-electron chi connectivity index (χ2n) is 5.78. The number of rotatable bonds is 4. The molecule has 0 aromatic carbocycles. The second-order valence-corrected chi connectivity index (χ2v) is 5.78. The molecule has 4 nitrogen and oxygen atoms in total. The van der Waals surface area contributed by atoms with Crippen LogP contribution in [-0.4, -0.2) is 62.7 Å². The van der Waals surface area contributed by atoms with E-state index in [9.17, 15) is 4.79 Å². The van der Waals surface area contributed by atoms with Gasteiger partial charge in [-0.15, -0.1) is 0 Å². The quantitative estimate of drug-likeness (QED) is 0.706. The van der Waals surface area contributed by atoms with Crippen LogP contribution in [0.3, 0.4) is 0 Å². The van der Waals surface area contributed by atoms with Gasteiger partial charge in [-0.3, -0.25) is 9.69 Å². The molecule has 104 valence electrons. The maximum Gasteiger partial charge on any atom is 0.310 e. The van der Waals surface area contributed by atoms with E-state index in [4.69, 9.17) is 4.74 Å². The first-order chi connectivity index (χ1) is 8.70. The Hall–Kier alpha value is -0.610. The summed E-state index contributed by atoms with van der Waals surface area (Å²) in [6.07, 6.45) is 4.96. The van der Waals surface area contributed by atoms with Gasteiger partial charge in [-0.25, -0.2) is 0 Å². The van der Waals surface area contributed by atoms with Crippen molar-refractivity contribution in [2.75, 3.05) is 46.9 Å². The van der Waals surface area contributed by atoms with Crippen molar-refractivity contribution in [1.82, 2.24) is 9.80 Å². The molecule has 1 saturated carbocycles. The highest BCUT2D eigenvalue weighted by atomic mass is 16.5. The van der Waals surface area contributed by atoms with E-state index < -0.39 is 0 Å². The summed E-state index contributed by atoms with van der Waals surface area (Å²) in [6, 6.07) is 0. The van der Waals surface area contributed by atoms with Crippen LogP contribution in [0.4, 0.5) is 0 Å². The van der Waals surface area contributed by atoms with Crippen LogP contribution in [-0.2, 0) is 9.53 Å². The number of hydrogen-bond donors (Lipinski definition) is 0. The lowest BCUT2D eigenvalue weighted by atomic mass is 9.90. The van der Waals surface area contributed by atoms with Gasteiger partial charge in [-0.05, 0) is 25.8 Å². The molecule has 0 spiro atoms. The lowest BCUT2D eigenvalue weighted by molar-refractivity contribution is -0.148. The van der Waals surface area contributed by atoms with Crippen LogP contribution in [0, 0.1) is 11.8 Å². The highest BCUT2D eigenvalue weighted by Crippen LogP contribution is 2.32. The summed E-state index contributed by atoms with van der Waals surface area (Å²) >= 11 is 0. The first-order valence-corrected chi connectivity index (χ1v) is 7.19. The topological polar surface area (TPSA) is 32.8 Å². The predicted octanol–water partition coefficient (Wildman–Crippen LogP) is 1.21. The van der Waals surface area contributed by atoms with Crippen LogP contribution in [0.1, 0.15) is 25.7 Å². The fourth-order valence-corrected chi connectivity index (χ4v) is 3.24. The summed E-state index contributed by atoms with van der Waals surface area (Å²) in [7, 11) is 3.68. The summed E-state index contributed by atoms with van der Waals surface area (Å²) in [5.41, 5.74) is 0. The number of esters is 1. The van der Waals surface area contributed by atoms with E-state index in [1.165, 1.54) is 32.8 Å². The van der Waals surface area contributed by atoms with Crippen LogP contribution in [0.25, 0.3) is 0 Å². The maximum absolute atomic E-state index is 12.0. The van der Waals surface area contributed by atoms with Crippen molar-refractivity contribution in [2.24, 2.45) is 11.8 Å². The third-order valence-corrected chi connectivity index (χ3v) is 4.52. The molecule has 1 aliphatic carbocycles. The van der Waals surface area contributed by atoms with E-state index in [1.807, 2.05) is 0 Å². The number of piperazine rings is 1. The monoisotopic (exact) mass is 254 g/mol. The maximum atomic E-state index is 12.0. The van der Waals surface area contributed by atoms with Crippen LogP contribution in [0.2, 0.25) is 0 Å². The Labute approximate surface area is 110 Å². The van der Waals surface area contributed by atoms with E-state index in [1.54, 1.807) is 0 Å². The normalized spacial score (nSPS) is 25.2. The van der Waals surface area contributed by atoms with E-state index >= 15 is 0 Å². The summed E-state index contributed by atoms with van der Waals surface area (Å²) in [4.78, 5) is 16.8. The molecule has 2 aliphatic rings. The van der Waals surface area contributed by atoms with Crippen molar-refractivity contribution in [3.05, 3.63) is 0 Å². The van der Waals surface area contributed by atoms with E-state index in [0.717, 1.165) is 32.7 Å². The van der Waals surface area contributed by atoms with Gasteiger partial charge in [0.1, 0.15) is 0 Å². The van der Waals surface area contributed by atoms with Crippen molar-refractivity contribution in [3.8, 4) is 0 Å². The molecule has 0 radical (unpaired) electrons. The van der Waals surface area contributed by atoms with Gasteiger partial charge in [0.2, 0.25) is 0 Å². The molecule has 1 unspecified atom stereocenters. The predicted molar refractivity (Wildman–Crippen MR) is 71.4 cm³/mol. The summed E-state index contributed by atoms with van der Waals surface area (Å²) in [5.74, 6) is 0.652. The number of likely N-dealkylation sites (N-methyl/N-ethyl adjacent to an activating group) is 1. The number of hydrogen-bond acceptors (Lipinski definition) is 4. The molecule has 0 aromatic rings. The van der Waals surface area contributed by atoms with E-state index in [2.05, 4.69) is 16.8 Å². The van der Waals surface area contributed by atoms with E-state index in [0.29, 0.717) is 5.92 Å². The molecule has 1 aliphatic heterocycles. The lowest BCUT2D eigenvalue weighted by Gasteiger charge is -2.35. The summed E-state index contributed by atoms with van der Waals surface area (Å²) in [6.45, 7) is 5.27. The Balaban J connectivity index is 1.90. The molecule has 0 amide bonds. The fourth-order valence-electron chi connectivity index (χ4n) is 3.24. The van der Waals surface area contributed by atoms with Crippen LogP contribution in [0.5, 0.6) is 0 Å². The van der Waals surface area contributed by atoms with Gasteiger partial charge in [-0.1, -0.05) is 12.8 Å². The minimum Gasteiger partial charge on any atom is -0.469 e. The van der Waals surface area contributed by atoms with Crippen molar-refractivity contribution in [1.29, 1.82) is 0 Å². The molecule has 2 fully saturated rings. The number of nitrogens with zero attached hydrogens (tertiary/aromatic N) is 2. The van der Waals surface area contributed by atoms with Gasteiger partial charge in [0.15, 0.2) is 0 Å². The molecular weight excluding hydrogens is 228 g/mol. The third-order valence-electron chi connectivity index (χ3n) is 4.52. The zero-order valence-electron chi connectivity index (χ0n) is 11.7. The smallest absolute Gasteiger partial charge is 0.310 e. The number of methoxy groups -OCH3 is 1. The molecule has 18 heavy (non-hydrogen) atoms. The first-order valence-electron chi connectivity index (χ1n) is 7.19. The van der Waals surface area contributed by atoms with Gasteiger partial charge >= 0.3 is 5.97 Å². The number of carbonyl (C=O) groups is 1. The average Bonchev–Trinajstić information content (AvgIpc) is 2.91. The summed E-state index contributed by atoms with van der Waals surface area (Å²) in [5, 5.41) is 0. The highest BCUT2D eigenvalue weighted by Gasteiger charge is 2.33. The lowest BCUT2D eigenvalue weighted by Crippen LogP contribution is -2.48. The Morgan fingerprint density at radius 1 is 1.22 bits per heavy atom. The molecule has 1 atom stereocenters. The van der Waals surface area contributed by atoms with Crippen molar-refractivity contribution in [3.63, 3.8) is 0 Å². The molecule has 0 aromatic heterocycles. The molecule has 4 heteroatoms. The third kappa shape index (κ3) is 3.45. The minimum absolute atomic E-state index is 0.000767. The van der Waals surface area contributed by atoms with Crippen LogP contribution in [0.15, 0.2) is 0 Å². The van der Waals surface area contributed by atoms with Gasteiger partial charge in [-0.2, -0.15) is 0 Å². The fraction of sp³-hybridized carbons (Fsp3) is 0.929. The second kappa shape index (κ2) is 6.53. The Kier molecular flexibility index (Phi) is 5.01. The zero-order chi connectivity index (χ0) is 13.0. The van der Waals surface area contributed by atoms with Gasteiger partial charge < -0.3 is 9.64 Å². The van der Waals surface area contributed by atoms with Crippen LogP contribution < -0.4 is 0 Å². The zero-order valence-corrected chi connectivity index (χ0v) is 11.7. The molecule has 1 saturated heterocycles. The number of carbonyl (C=O) groups excluding carboxylic acids is 1. The van der Waals surface area contributed by atoms with Crippen molar-refractivity contribution >= 4 is 5.97 Å². The molecule has 0 N–H and O–H groups in total. The average molecular weight is 254 g/mol. The highest BCUT2D eigenvalue weighted by molar-refractivity contribution is 5.73. The van der Waals surface area contributed by atoms with Gasteiger partial charge in [0, 0.05) is 32.7 Å². The molecule has 1 heterocycles. The van der Waals surface area contributed by atoms with Crippen molar-refractivity contribution in [2.45, 2.75) is 25.7 Å². The SMILES string of the molecule is COC(=O)C(CN1CCN(C)CC1)C1CCCC1. The van der Waals surface area contributed by atoms with Crippen LogP contribution >= 0.6 is 0 Å². The van der Waals surface area contributed by atoms with Crippen molar-refractivity contribution < 1.29 is 9.53 Å². The summed E-state index contributed by atoms with van der Waals surface area (Å²) < 4.78 is 5.01. The largest absolute Gasteiger partial charge is 0.469 e. The standard InChI is InChI=1S/C14H26N2O2/c1-15-7-9-16(10-8-15)11-13(14(17)18-2)12-5-3-4-6-12/h12-13H,3-11H2,1-2H3. The Morgan fingerprint density at radius 2 is 1.83 bits per heavy atom. The number of ether oxygens (including phenoxy) is 1.